The zero-order valence-corrected chi connectivity index (χ0v) is 12.7. The van der Waals surface area contributed by atoms with E-state index in [1.165, 1.54) is 7.11 Å². The number of sulfonamides is 1. The third-order valence-electron chi connectivity index (χ3n) is 3.01. The third kappa shape index (κ3) is 2.85. The summed E-state index contributed by atoms with van der Waals surface area (Å²) >= 11 is 0. The molecule has 0 spiro atoms. The van der Waals surface area contributed by atoms with E-state index in [0.29, 0.717) is 11.9 Å². The van der Waals surface area contributed by atoms with Crippen molar-refractivity contribution in [2.45, 2.75) is 18.7 Å². The minimum Gasteiger partial charge on any atom is -0.287 e. The first-order valence-electron chi connectivity index (χ1n) is 6.51. The number of hydrogen-bond donors (Lipinski definition) is 0. The van der Waals surface area contributed by atoms with E-state index in [0.717, 1.165) is 9.85 Å². The van der Waals surface area contributed by atoms with Crippen LogP contribution in [-0.2, 0) is 14.9 Å². The van der Waals surface area contributed by atoms with Crippen molar-refractivity contribution in [3.63, 3.8) is 0 Å². The second-order valence-corrected chi connectivity index (χ2v) is 6.84. The monoisotopic (exact) mass is 293 g/mol. The van der Waals surface area contributed by atoms with Gasteiger partial charge in [-0.2, -0.15) is 0 Å². The highest BCUT2D eigenvalue weighted by Gasteiger charge is 2.26. The molecule has 0 heterocycles. The largest absolute Gasteiger partial charge is 0.287 e. The molecular weight excluding hydrogens is 274 g/mol. The standard InChI is InChI=1S/C15H19NO3S/c1-12(2)11-16(19-3)20(17,18)15-10-6-8-13-7-4-5-9-14(13)15/h4-10,12H,11H2,1-3H3. The molecular formula is C15H19NO3S. The van der Waals surface area contributed by atoms with Gasteiger partial charge in [0, 0.05) is 11.9 Å². The Morgan fingerprint density at radius 2 is 1.75 bits per heavy atom. The van der Waals surface area contributed by atoms with Crippen LogP contribution in [0.25, 0.3) is 10.8 Å². The van der Waals surface area contributed by atoms with Gasteiger partial charge in [0.15, 0.2) is 0 Å². The fourth-order valence-corrected chi connectivity index (χ4v) is 3.72. The minimum absolute atomic E-state index is 0.180. The summed E-state index contributed by atoms with van der Waals surface area (Å²) in [5.41, 5.74) is 0. The zero-order valence-electron chi connectivity index (χ0n) is 11.9. The summed E-state index contributed by atoms with van der Waals surface area (Å²) in [6.45, 7) is 4.22. The summed E-state index contributed by atoms with van der Waals surface area (Å²) in [6.07, 6.45) is 0. The second-order valence-electron chi connectivity index (χ2n) is 5.04. The Morgan fingerprint density at radius 3 is 2.40 bits per heavy atom. The number of rotatable bonds is 5. The van der Waals surface area contributed by atoms with Crippen molar-refractivity contribution in [1.82, 2.24) is 4.47 Å². The second kappa shape index (κ2) is 5.91. The molecule has 0 N–H and O–H groups in total. The van der Waals surface area contributed by atoms with Crippen molar-refractivity contribution >= 4 is 20.8 Å². The van der Waals surface area contributed by atoms with Gasteiger partial charge in [0.25, 0.3) is 10.0 Å². The van der Waals surface area contributed by atoms with Gasteiger partial charge in [0.2, 0.25) is 0 Å². The number of nitrogens with zero attached hydrogens (tertiary/aromatic N) is 1. The van der Waals surface area contributed by atoms with Gasteiger partial charge in [-0.05, 0) is 17.4 Å². The lowest BCUT2D eigenvalue weighted by Crippen LogP contribution is -2.33. The summed E-state index contributed by atoms with van der Waals surface area (Å²) in [6, 6.07) is 12.7. The molecule has 0 radical (unpaired) electrons. The van der Waals surface area contributed by atoms with E-state index in [1.54, 1.807) is 12.1 Å². The molecule has 108 valence electrons. The van der Waals surface area contributed by atoms with Crippen molar-refractivity contribution < 1.29 is 13.3 Å². The molecule has 0 aliphatic heterocycles. The molecule has 0 aromatic heterocycles. The predicted molar refractivity (Wildman–Crippen MR) is 79.7 cm³/mol. The van der Waals surface area contributed by atoms with Gasteiger partial charge in [-0.3, -0.25) is 4.84 Å². The van der Waals surface area contributed by atoms with Gasteiger partial charge >= 0.3 is 0 Å². The quantitative estimate of drug-likeness (QED) is 0.796. The molecule has 2 rings (SSSR count). The van der Waals surface area contributed by atoms with Crippen molar-refractivity contribution in [3.05, 3.63) is 42.5 Å². The molecule has 2 aromatic carbocycles. The first-order chi connectivity index (χ1) is 9.46. The van der Waals surface area contributed by atoms with Gasteiger partial charge < -0.3 is 0 Å². The van der Waals surface area contributed by atoms with Crippen molar-refractivity contribution in [1.29, 1.82) is 0 Å². The van der Waals surface area contributed by atoms with E-state index in [4.69, 9.17) is 4.84 Å². The van der Waals surface area contributed by atoms with E-state index in [2.05, 4.69) is 0 Å². The van der Waals surface area contributed by atoms with Crippen LogP contribution < -0.4 is 0 Å². The van der Waals surface area contributed by atoms with E-state index in [9.17, 15) is 8.42 Å². The van der Waals surface area contributed by atoms with Crippen molar-refractivity contribution in [3.8, 4) is 0 Å². The number of hydroxylamine groups is 1. The van der Waals surface area contributed by atoms with Crippen LogP contribution in [0.4, 0.5) is 0 Å². The van der Waals surface area contributed by atoms with Crippen molar-refractivity contribution in [2.75, 3.05) is 13.7 Å². The average Bonchev–Trinajstić information content (AvgIpc) is 2.43. The molecule has 0 fully saturated rings. The average molecular weight is 293 g/mol. The predicted octanol–water partition coefficient (Wildman–Crippen LogP) is 3.05. The van der Waals surface area contributed by atoms with Crippen LogP contribution in [-0.4, -0.2) is 26.5 Å². The van der Waals surface area contributed by atoms with Crippen LogP contribution in [0.2, 0.25) is 0 Å². The van der Waals surface area contributed by atoms with Crippen LogP contribution >= 0.6 is 0 Å². The molecule has 0 atom stereocenters. The molecule has 2 aromatic rings. The third-order valence-corrected chi connectivity index (χ3v) is 4.76. The minimum atomic E-state index is -3.66. The van der Waals surface area contributed by atoms with E-state index < -0.39 is 10.0 Å². The van der Waals surface area contributed by atoms with Gasteiger partial charge in [-0.1, -0.05) is 54.7 Å². The molecule has 0 amide bonds. The molecule has 4 nitrogen and oxygen atoms in total. The van der Waals surface area contributed by atoms with Crippen LogP contribution in [0.1, 0.15) is 13.8 Å². The summed E-state index contributed by atoms with van der Waals surface area (Å²) in [5, 5.41) is 1.61. The van der Waals surface area contributed by atoms with Crippen LogP contribution in [0.3, 0.4) is 0 Å². The lowest BCUT2D eigenvalue weighted by molar-refractivity contribution is -0.0557. The molecule has 0 aliphatic carbocycles. The normalized spacial score (nSPS) is 12.4. The fourth-order valence-electron chi connectivity index (χ4n) is 2.10. The topological polar surface area (TPSA) is 46.6 Å². The molecule has 5 heteroatoms. The van der Waals surface area contributed by atoms with E-state index >= 15 is 0 Å². The number of fused-ring (bicyclic) bond motifs is 1. The summed E-state index contributed by atoms with van der Waals surface area (Å²) in [4.78, 5) is 5.35. The van der Waals surface area contributed by atoms with E-state index in [1.807, 2.05) is 44.2 Å². The lowest BCUT2D eigenvalue weighted by Gasteiger charge is -2.22. The Balaban J connectivity index is 2.56. The fraction of sp³-hybridized carbons (Fsp3) is 0.333. The highest BCUT2D eigenvalue weighted by Crippen LogP contribution is 2.26. The Bertz CT molecular complexity index is 690. The highest BCUT2D eigenvalue weighted by atomic mass is 32.2. The zero-order chi connectivity index (χ0) is 14.8. The van der Waals surface area contributed by atoms with Crippen molar-refractivity contribution in [2.24, 2.45) is 5.92 Å². The maximum atomic E-state index is 12.7. The first-order valence-corrected chi connectivity index (χ1v) is 7.95. The maximum absolute atomic E-state index is 12.7. The van der Waals surface area contributed by atoms with Gasteiger partial charge in [-0.15, -0.1) is 0 Å². The summed E-state index contributed by atoms with van der Waals surface area (Å²) < 4.78 is 26.5. The Labute approximate surface area is 120 Å². The first kappa shape index (κ1) is 15.0. The van der Waals surface area contributed by atoms with Gasteiger partial charge in [-0.25, -0.2) is 8.42 Å². The number of hydrogen-bond acceptors (Lipinski definition) is 3. The maximum Gasteiger partial charge on any atom is 0.265 e. The SMILES string of the molecule is CON(CC(C)C)S(=O)(=O)c1cccc2ccccc12. The molecule has 0 aliphatic rings. The molecule has 0 saturated heterocycles. The smallest absolute Gasteiger partial charge is 0.265 e. The van der Waals surface area contributed by atoms with Crippen LogP contribution in [0.5, 0.6) is 0 Å². The lowest BCUT2D eigenvalue weighted by atomic mass is 10.1. The molecule has 0 unspecified atom stereocenters. The van der Waals surface area contributed by atoms with Gasteiger partial charge in [0.1, 0.15) is 0 Å². The van der Waals surface area contributed by atoms with Crippen LogP contribution in [0, 0.1) is 5.92 Å². The molecule has 20 heavy (non-hydrogen) atoms. The van der Waals surface area contributed by atoms with E-state index in [-0.39, 0.29) is 10.8 Å². The number of benzene rings is 2. The summed E-state index contributed by atoms with van der Waals surface area (Å²) in [5.74, 6) is 0.180. The molecule has 0 saturated carbocycles. The van der Waals surface area contributed by atoms with Gasteiger partial charge in [0.05, 0.1) is 12.0 Å². The van der Waals surface area contributed by atoms with Crippen LogP contribution in [0.15, 0.2) is 47.4 Å². The Hall–Kier alpha value is -1.43. The molecule has 0 bridgehead atoms. The Kier molecular flexibility index (Phi) is 4.42. The summed E-state index contributed by atoms with van der Waals surface area (Å²) in [7, 11) is -2.28. The Morgan fingerprint density at radius 1 is 1.10 bits per heavy atom. The highest BCUT2D eigenvalue weighted by molar-refractivity contribution is 7.89.